The molecule has 12 heavy (non-hydrogen) atoms. The lowest BCUT2D eigenvalue weighted by atomic mass is 10.1. The van der Waals surface area contributed by atoms with E-state index in [0.717, 1.165) is 0 Å². The maximum Gasteiger partial charge on any atom is 0.308 e. The number of hydrogen-bond acceptors (Lipinski definition) is 4. The van der Waals surface area contributed by atoms with Gasteiger partial charge >= 0.3 is 5.97 Å². The Morgan fingerprint density at radius 3 is 2.67 bits per heavy atom. The van der Waals surface area contributed by atoms with E-state index >= 15 is 0 Å². The SMILES string of the molecule is COC(=O)CC(CCC#N)OC. The summed E-state index contributed by atoms with van der Waals surface area (Å²) >= 11 is 0. The maximum absolute atomic E-state index is 10.8. The van der Waals surface area contributed by atoms with Gasteiger partial charge in [-0.1, -0.05) is 0 Å². The van der Waals surface area contributed by atoms with Crippen molar-refractivity contribution in [2.75, 3.05) is 14.2 Å². The zero-order chi connectivity index (χ0) is 9.40. The third-order valence-corrected chi connectivity index (χ3v) is 1.53. The fourth-order valence-corrected chi connectivity index (χ4v) is 0.798. The molecule has 0 aromatic heterocycles. The van der Waals surface area contributed by atoms with E-state index in [1.807, 2.05) is 6.07 Å². The molecule has 0 bridgehead atoms. The van der Waals surface area contributed by atoms with E-state index < -0.39 is 0 Å². The maximum atomic E-state index is 10.8. The van der Waals surface area contributed by atoms with Gasteiger partial charge in [0.1, 0.15) is 0 Å². The van der Waals surface area contributed by atoms with Crippen LogP contribution < -0.4 is 0 Å². The van der Waals surface area contributed by atoms with E-state index in [2.05, 4.69) is 4.74 Å². The molecule has 1 atom stereocenters. The van der Waals surface area contributed by atoms with Crippen LogP contribution >= 0.6 is 0 Å². The summed E-state index contributed by atoms with van der Waals surface area (Å²) in [7, 11) is 2.85. The number of nitriles is 1. The Morgan fingerprint density at radius 1 is 1.58 bits per heavy atom. The lowest BCUT2D eigenvalue weighted by Crippen LogP contribution is -2.16. The standard InChI is InChI=1S/C8H13NO3/c1-11-7(4-3-5-9)6-8(10)12-2/h7H,3-4,6H2,1-2H3. The van der Waals surface area contributed by atoms with Crippen LogP contribution in [0, 0.1) is 11.3 Å². The van der Waals surface area contributed by atoms with E-state index in [1.54, 1.807) is 0 Å². The third kappa shape index (κ3) is 4.69. The molecule has 0 aromatic carbocycles. The van der Waals surface area contributed by atoms with Gasteiger partial charge in [0.25, 0.3) is 0 Å². The molecular formula is C8H13NO3. The van der Waals surface area contributed by atoms with E-state index in [0.29, 0.717) is 12.8 Å². The molecule has 0 saturated carbocycles. The third-order valence-electron chi connectivity index (χ3n) is 1.53. The highest BCUT2D eigenvalue weighted by molar-refractivity contribution is 5.69. The van der Waals surface area contributed by atoms with Crippen molar-refractivity contribution in [1.29, 1.82) is 5.26 Å². The van der Waals surface area contributed by atoms with Gasteiger partial charge in [0, 0.05) is 13.5 Å². The second kappa shape index (κ2) is 6.62. The number of carbonyl (C=O) groups is 1. The van der Waals surface area contributed by atoms with Crippen LogP contribution in [0.3, 0.4) is 0 Å². The van der Waals surface area contributed by atoms with Gasteiger partial charge in [0.05, 0.1) is 25.7 Å². The molecule has 0 amide bonds. The lowest BCUT2D eigenvalue weighted by molar-refractivity contribution is -0.143. The molecule has 68 valence electrons. The van der Waals surface area contributed by atoms with E-state index in [1.165, 1.54) is 14.2 Å². The number of rotatable bonds is 5. The predicted octanol–water partition coefficient (Wildman–Crippen LogP) is 0.868. The fourth-order valence-electron chi connectivity index (χ4n) is 0.798. The van der Waals surface area contributed by atoms with E-state index in [-0.39, 0.29) is 18.5 Å². The normalized spacial score (nSPS) is 11.8. The smallest absolute Gasteiger partial charge is 0.308 e. The Labute approximate surface area is 72.1 Å². The molecule has 0 spiro atoms. The first kappa shape index (κ1) is 10.9. The van der Waals surface area contributed by atoms with Gasteiger partial charge in [-0.2, -0.15) is 5.26 Å². The highest BCUT2D eigenvalue weighted by Crippen LogP contribution is 2.05. The van der Waals surface area contributed by atoms with Crippen LogP contribution in [0.25, 0.3) is 0 Å². The van der Waals surface area contributed by atoms with E-state index in [4.69, 9.17) is 10.00 Å². The van der Waals surface area contributed by atoms with Crippen molar-refractivity contribution >= 4 is 5.97 Å². The topological polar surface area (TPSA) is 59.3 Å². The molecule has 0 N–H and O–H groups in total. The number of esters is 1. The molecule has 0 heterocycles. The first-order valence-corrected chi connectivity index (χ1v) is 3.71. The summed E-state index contributed by atoms with van der Waals surface area (Å²) in [5, 5.41) is 8.28. The first-order valence-electron chi connectivity index (χ1n) is 3.71. The minimum atomic E-state index is -0.306. The van der Waals surface area contributed by atoms with Crippen molar-refractivity contribution in [3.05, 3.63) is 0 Å². The van der Waals surface area contributed by atoms with Gasteiger partial charge in [-0.15, -0.1) is 0 Å². The highest BCUT2D eigenvalue weighted by atomic mass is 16.5. The Morgan fingerprint density at radius 2 is 2.25 bits per heavy atom. The summed E-state index contributed by atoms with van der Waals surface area (Å²) < 4.78 is 9.43. The van der Waals surface area contributed by atoms with Crippen molar-refractivity contribution in [2.24, 2.45) is 0 Å². The number of ether oxygens (including phenoxy) is 2. The van der Waals surface area contributed by atoms with Gasteiger partial charge < -0.3 is 9.47 Å². The van der Waals surface area contributed by atoms with Crippen LogP contribution in [0.4, 0.5) is 0 Å². The van der Waals surface area contributed by atoms with Crippen molar-refractivity contribution in [3.8, 4) is 6.07 Å². The minimum Gasteiger partial charge on any atom is -0.469 e. The molecule has 1 unspecified atom stereocenters. The fraction of sp³-hybridized carbons (Fsp3) is 0.750. The van der Waals surface area contributed by atoms with Gasteiger partial charge in [0.15, 0.2) is 0 Å². The molecule has 0 aromatic rings. The Bertz CT molecular complexity index is 174. The monoisotopic (exact) mass is 171 g/mol. The summed E-state index contributed by atoms with van der Waals surface area (Å²) in [6.45, 7) is 0. The summed E-state index contributed by atoms with van der Waals surface area (Å²) in [5.41, 5.74) is 0. The molecule has 4 nitrogen and oxygen atoms in total. The second-order valence-corrected chi connectivity index (χ2v) is 2.33. The van der Waals surface area contributed by atoms with Gasteiger partial charge in [-0.3, -0.25) is 4.79 Å². The Balaban J connectivity index is 3.68. The van der Waals surface area contributed by atoms with Crippen molar-refractivity contribution in [3.63, 3.8) is 0 Å². The molecule has 0 saturated heterocycles. The molecule has 0 aliphatic carbocycles. The number of methoxy groups -OCH3 is 2. The lowest BCUT2D eigenvalue weighted by Gasteiger charge is -2.11. The van der Waals surface area contributed by atoms with Crippen LogP contribution in [-0.2, 0) is 14.3 Å². The number of nitrogens with zero attached hydrogens (tertiary/aromatic N) is 1. The van der Waals surface area contributed by atoms with Gasteiger partial charge in [0.2, 0.25) is 0 Å². The molecule has 0 aliphatic rings. The molecule has 0 aliphatic heterocycles. The molecular weight excluding hydrogens is 158 g/mol. The minimum absolute atomic E-state index is 0.197. The van der Waals surface area contributed by atoms with Crippen molar-refractivity contribution in [1.82, 2.24) is 0 Å². The van der Waals surface area contributed by atoms with Crippen LogP contribution in [-0.4, -0.2) is 26.3 Å². The van der Waals surface area contributed by atoms with Crippen LogP contribution in [0.2, 0.25) is 0 Å². The highest BCUT2D eigenvalue weighted by Gasteiger charge is 2.12. The molecule has 0 radical (unpaired) electrons. The van der Waals surface area contributed by atoms with Crippen LogP contribution in [0.15, 0.2) is 0 Å². The predicted molar refractivity (Wildman–Crippen MR) is 42.3 cm³/mol. The van der Waals surface area contributed by atoms with Crippen LogP contribution in [0.5, 0.6) is 0 Å². The second-order valence-electron chi connectivity index (χ2n) is 2.33. The summed E-state index contributed by atoms with van der Waals surface area (Å²) in [6, 6.07) is 1.99. The first-order chi connectivity index (χ1) is 5.74. The van der Waals surface area contributed by atoms with Crippen molar-refractivity contribution in [2.45, 2.75) is 25.4 Å². The van der Waals surface area contributed by atoms with E-state index in [9.17, 15) is 4.79 Å². The largest absolute Gasteiger partial charge is 0.469 e. The quantitative estimate of drug-likeness (QED) is 0.576. The average Bonchev–Trinajstić information content (AvgIpc) is 2.11. The summed E-state index contributed by atoms with van der Waals surface area (Å²) in [6.07, 6.45) is 0.990. The van der Waals surface area contributed by atoms with Gasteiger partial charge in [-0.25, -0.2) is 0 Å². The summed E-state index contributed by atoms with van der Waals surface area (Å²) in [5.74, 6) is -0.306. The van der Waals surface area contributed by atoms with Crippen molar-refractivity contribution < 1.29 is 14.3 Å². The number of carbonyl (C=O) groups excluding carboxylic acids is 1. The zero-order valence-electron chi connectivity index (χ0n) is 7.37. The Hall–Kier alpha value is -1.08. The van der Waals surface area contributed by atoms with Gasteiger partial charge in [-0.05, 0) is 6.42 Å². The molecule has 0 rings (SSSR count). The van der Waals surface area contributed by atoms with Crippen LogP contribution in [0.1, 0.15) is 19.3 Å². The zero-order valence-corrected chi connectivity index (χ0v) is 7.37. The average molecular weight is 171 g/mol. The summed E-state index contributed by atoms with van der Waals surface area (Å²) in [4.78, 5) is 10.8. The molecule has 4 heteroatoms. The molecule has 0 fully saturated rings. The number of hydrogen-bond donors (Lipinski definition) is 0. The Kier molecular flexibility index (Phi) is 6.02.